The molecule has 2 aromatic carbocycles. The van der Waals surface area contributed by atoms with Gasteiger partial charge in [-0.3, -0.25) is 0 Å². The fourth-order valence-corrected chi connectivity index (χ4v) is 1.64. The Bertz CT molecular complexity index is 526. The Morgan fingerprint density at radius 2 is 1.72 bits per heavy atom. The van der Waals surface area contributed by atoms with Crippen molar-refractivity contribution >= 4 is 11.4 Å². The maximum Gasteiger partial charge on any atom is 0.125 e. The van der Waals surface area contributed by atoms with Crippen LogP contribution >= 0.6 is 0 Å². The number of anilines is 2. The molecular weight excluding hydrogens is 231 g/mol. The molecule has 0 aliphatic heterocycles. The van der Waals surface area contributed by atoms with Crippen LogP contribution in [0.1, 0.15) is 11.1 Å². The van der Waals surface area contributed by atoms with E-state index in [9.17, 15) is 4.39 Å². The number of benzene rings is 2. The zero-order chi connectivity index (χ0) is 13.0. The summed E-state index contributed by atoms with van der Waals surface area (Å²) in [6, 6.07) is 11.8. The van der Waals surface area contributed by atoms with Crippen molar-refractivity contribution in [3.8, 4) is 0 Å². The van der Waals surface area contributed by atoms with E-state index < -0.39 is 0 Å². The molecule has 0 bridgehead atoms. The van der Waals surface area contributed by atoms with Gasteiger partial charge in [-0.05, 0) is 29.3 Å². The lowest BCUT2D eigenvalue weighted by Crippen LogP contribution is -2.03. The van der Waals surface area contributed by atoms with Crippen molar-refractivity contribution in [2.75, 3.05) is 11.1 Å². The number of nitrogens with two attached hydrogens (primary N) is 1. The lowest BCUT2D eigenvalue weighted by Gasteiger charge is -2.09. The second-order valence-electron chi connectivity index (χ2n) is 4.06. The van der Waals surface area contributed by atoms with E-state index in [1.165, 1.54) is 18.2 Å². The molecule has 0 amide bonds. The zero-order valence-electron chi connectivity index (χ0n) is 9.86. The van der Waals surface area contributed by atoms with Crippen LogP contribution in [0.2, 0.25) is 0 Å². The largest absolute Gasteiger partial charge is 0.397 e. The van der Waals surface area contributed by atoms with Crippen LogP contribution in [0.3, 0.4) is 0 Å². The molecule has 0 aliphatic rings. The number of nitrogens with one attached hydrogen (secondary N) is 1. The van der Waals surface area contributed by atoms with Gasteiger partial charge in [0.2, 0.25) is 0 Å². The third-order valence-electron chi connectivity index (χ3n) is 2.70. The van der Waals surface area contributed by atoms with Gasteiger partial charge in [0, 0.05) is 6.54 Å². The van der Waals surface area contributed by atoms with Gasteiger partial charge in [0.25, 0.3) is 0 Å². The molecule has 4 N–H and O–H groups in total. The first-order valence-electron chi connectivity index (χ1n) is 5.66. The topological polar surface area (TPSA) is 58.3 Å². The quantitative estimate of drug-likeness (QED) is 0.726. The van der Waals surface area contributed by atoms with E-state index in [4.69, 9.17) is 10.8 Å². The molecule has 2 aromatic rings. The van der Waals surface area contributed by atoms with E-state index in [1.54, 1.807) is 0 Å². The summed E-state index contributed by atoms with van der Waals surface area (Å²) < 4.78 is 13.0. The number of hydrogen-bond donors (Lipinski definition) is 3. The van der Waals surface area contributed by atoms with E-state index in [0.717, 1.165) is 11.1 Å². The van der Waals surface area contributed by atoms with Crippen molar-refractivity contribution in [3.05, 3.63) is 59.4 Å². The van der Waals surface area contributed by atoms with Crippen LogP contribution in [0.25, 0.3) is 0 Å². The average molecular weight is 246 g/mol. The van der Waals surface area contributed by atoms with Crippen LogP contribution in [0.15, 0.2) is 42.5 Å². The van der Waals surface area contributed by atoms with E-state index in [2.05, 4.69) is 5.32 Å². The van der Waals surface area contributed by atoms with Crippen LogP contribution in [0.5, 0.6) is 0 Å². The van der Waals surface area contributed by atoms with Gasteiger partial charge < -0.3 is 16.2 Å². The number of rotatable bonds is 4. The normalized spacial score (nSPS) is 10.3. The summed E-state index contributed by atoms with van der Waals surface area (Å²) in [5, 5.41) is 12.0. The molecule has 0 fully saturated rings. The fourth-order valence-electron chi connectivity index (χ4n) is 1.64. The van der Waals surface area contributed by atoms with Gasteiger partial charge in [0.1, 0.15) is 5.82 Å². The van der Waals surface area contributed by atoms with Crippen LogP contribution in [0.4, 0.5) is 15.8 Å². The first kappa shape index (κ1) is 12.4. The molecule has 0 saturated heterocycles. The van der Waals surface area contributed by atoms with Gasteiger partial charge in [-0.2, -0.15) is 0 Å². The van der Waals surface area contributed by atoms with E-state index >= 15 is 0 Å². The monoisotopic (exact) mass is 246 g/mol. The molecule has 0 radical (unpaired) electrons. The molecule has 4 heteroatoms. The summed E-state index contributed by atoms with van der Waals surface area (Å²) in [7, 11) is 0. The highest BCUT2D eigenvalue weighted by Crippen LogP contribution is 2.20. The minimum Gasteiger partial charge on any atom is -0.397 e. The molecule has 0 unspecified atom stereocenters. The standard InChI is InChI=1S/C14H15FN2O/c15-12-5-6-13(16)14(7-12)17-8-10-1-3-11(9-18)4-2-10/h1-7,17-18H,8-9,16H2. The van der Waals surface area contributed by atoms with E-state index in [-0.39, 0.29) is 12.4 Å². The van der Waals surface area contributed by atoms with Crippen molar-refractivity contribution < 1.29 is 9.50 Å². The third-order valence-corrected chi connectivity index (χ3v) is 2.70. The van der Waals surface area contributed by atoms with Crippen LogP contribution in [-0.4, -0.2) is 5.11 Å². The highest BCUT2D eigenvalue weighted by Gasteiger charge is 2.01. The van der Waals surface area contributed by atoms with Crippen LogP contribution < -0.4 is 11.1 Å². The lowest BCUT2D eigenvalue weighted by atomic mass is 10.1. The first-order valence-corrected chi connectivity index (χ1v) is 5.66. The highest BCUT2D eigenvalue weighted by atomic mass is 19.1. The molecule has 0 atom stereocenters. The lowest BCUT2D eigenvalue weighted by molar-refractivity contribution is 0.282. The van der Waals surface area contributed by atoms with E-state index in [0.29, 0.717) is 17.9 Å². The summed E-state index contributed by atoms with van der Waals surface area (Å²) in [6.45, 7) is 0.587. The van der Waals surface area contributed by atoms with Gasteiger partial charge in [-0.1, -0.05) is 24.3 Å². The van der Waals surface area contributed by atoms with Crippen molar-refractivity contribution in [3.63, 3.8) is 0 Å². The number of hydrogen-bond acceptors (Lipinski definition) is 3. The van der Waals surface area contributed by atoms with Crippen LogP contribution in [0, 0.1) is 5.82 Å². The SMILES string of the molecule is Nc1ccc(F)cc1NCc1ccc(CO)cc1. The van der Waals surface area contributed by atoms with Crippen molar-refractivity contribution in [1.29, 1.82) is 0 Å². The molecule has 0 saturated carbocycles. The Morgan fingerprint density at radius 1 is 1.06 bits per heavy atom. The number of nitrogen functional groups attached to an aromatic ring is 1. The Balaban J connectivity index is 2.04. The molecule has 0 aromatic heterocycles. The van der Waals surface area contributed by atoms with Crippen molar-refractivity contribution in [2.24, 2.45) is 0 Å². The Hall–Kier alpha value is -2.07. The van der Waals surface area contributed by atoms with Gasteiger partial charge >= 0.3 is 0 Å². The first-order chi connectivity index (χ1) is 8.69. The summed E-state index contributed by atoms with van der Waals surface area (Å²) in [6.07, 6.45) is 0. The second-order valence-corrected chi connectivity index (χ2v) is 4.06. The predicted molar refractivity (Wildman–Crippen MR) is 70.5 cm³/mol. The maximum atomic E-state index is 13.0. The van der Waals surface area contributed by atoms with Crippen LogP contribution in [-0.2, 0) is 13.2 Å². The molecule has 0 spiro atoms. The molecule has 0 heterocycles. The van der Waals surface area contributed by atoms with E-state index in [1.807, 2.05) is 24.3 Å². The molecule has 2 rings (SSSR count). The fraction of sp³-hybridized carbons (Fsp3) is 0.143. The Kier molecular flexibility index (Phi) is 3.79. The van der Waals surface area contributed by atoms with Gasteiger partial charge in [0.05, 0.1) is 18.0 Å². The van der Waals surface area contributed by atoms with Crippen molar-refractivity contribution in [2.45, 2.75) is 13.2 Å². The Morgan fingerprint density at radius 3 is 2.39 bits per heavy atom. The van der Waals surface area contributed by atoms with Crippen molar-refractivity contribution in [1.82, 2.24) is 0 Å². The smallest absolute Gasteiger partial charge is 0.125 e. The maximum absolute atomic E-state index is 13.0. The number of aliphatic hydroxyl groups excluding tert-OH is 1. The Labute approximate surface area is 105 Å². The summed E-state index contributed by atoms with van der Waals surface area (Å²) in [5.74, 6) is -0.317. The number of aliphatic hydroxyl groups is 1. The minimum absolute atomic E-state index is 0.0323. The van der Waals surface area contributed by atoms with Gasteiger partial charge in [-0.15, -0.1) is 0 Å². The molecule has 0 aliphatic carbocycles. The summed E-state index contributed by atoms with van der Waals surface area (Å²) >= 11 is 0. The highest BCUT2D eigenvalue weighted by molar-refractivity contribution is 5.65. The van der Waals surface area contributed by atoms with Gasteiger partial charge in [0.15, 0.2) is 0 Å². The minimum atomic E-state index is -0.317. The molecule has 3 nitrogen and oxygen atoms in total. The molecule has 18 heavy (non-hydrogen) atoms. The molecule has 94 valence electrons. The zero-order valence-corrected chi connectivity index (χ0v) is 9.86. The summed E-state index contributed by atoms with van der Waals surface area (Å²) in [4.78, 5) is 0. The third kappa shape index (κ3) is 2.99. The summed E-state index contributed by atoms with van der Waals surface area (Å²) in [5.41, 5.74) is 8.74. The predicted octanol–water partition coefficient (Wildman–Crippen LogP) is 2.51. The average Bonchev–Trinajstić information content (AvgIpc) is 2.40. The second kappa shape index (κ2) is 5.51. The molecular formula is C14H15FN2O. The van der Waals surface area contributed by atoms with Gasteiger partial charge in [-0.25, -0.2) is 4.39 Å². The number of halogens is 1.